The Kier molecular flexibility index (Phi) is 5.79. The first-order chi connectivity index (χ1) is 8.84. The van der Waals surface area contributed by atoms with Gasteiger partial charge in [0.1, 0.15) is 0 Å². The van der Waals surface area contributed by atoms with Gasteiger partial charge in [-0.3, -0.25) is 0 Å². The van der Waals surface area contributed by atoms with Crippen LogP contribution in [-0.4, -0.2) is 39.0 Å². The van der Waals surface area contributed by atoms with Gasteiger partial charge in [-0.25, -0.2) is 8.42 Å². The summed E-state index contributed by atoms with van der Waals surface area (Å²) in [5.41, 5.74) is 6.14. The van der Waals surface area contributed by atoms with Crippen LogP contribution in [0.25, 0.3) is 0 Å². The van der Waals surface area contributed by atoms with Gasteiger partial charge in [-0.05, 0) is 41.1 Å². The number of nitrogens with two attached hydrogens (primary N) is 1. The summed E-state index contributed by atoms with van der Waals surface area (Å²) < 4.78 is 32.1. The number of halogens is 1. The molecule has 0 bridgehead atoms. The Morgan fingerprint density at radius 3 is 2.58 bits per heavy atom. The number of sulfonamides is 1. The Labute approximate surface area is 122 Å². The topological polar surface area (TPSA) is 72.6 Å². The molecule has 108 valence electrons. The quantitative estimate of drug-likeness (QED) is 0.797. The van der Waals surface area contributed by atoms with Gasteiger partial charge >= 0.3 is 0 Å². The fourth-order valence-corrected chi connectivity index (χ4v) is 4.58. The van der Waals surface area contributed by atoms with Crippen LogP contribution in [0.4, 0.5) is 5.69 Å². The zero-order valence-electron chi connectivity index (χ0n) is 11.3. The zero-order chi connectivity index (χ0) is 14.6. The van der Waals surface area contributed by atoms with Crippen LogP contribution in [0, 0.1) is 0 Å². The van der Waals surface area contributed by atoms with Crippen LogP contribution in [-0.2, 0) is 14.8 Å². The number of hydrogen-bond donors (Lipinski definition) is 1. The van der Waals surface area contributed by atoms with Gasteiger partial charge in [-0.1, -0.05) is 6.92 Å². The molecular formula is C12H19BrN2O3S. The Balaban J connectivity index is 3.20. The largest absolute Gasteiger partial charge is 0.399 e. The van der Waals surface area contributed by atoms with Gasteiger partial charge < -0.3 is 10.5 Å². The van der Waals surface area contributed by atoms with Crippen molar-refractivity contribution in [2.75, 3.05) is 26.0 Å². The molecular weight excluding hydrogens is 332 g/mol. The van der Waals surface area contributed by atoms with Crippen LogP contribution in [0.2, 0.25) is 0 Å². The molecule has 0 aliphatic heterocycles. The number of benzene rings is 1. The van der Waals surface area contributed by atoms with Gasteiger partial charge in [-0.2, -0.15) is 4.31 Å². The first-order valence-corrected chi connectivity index (χ1v) is 8.13. The summed E-state index contributed by atoms with van der Waals surface area (Å²) in [6.07, 6.45) is 0. The molecule has 0 radical (unpaired) electrons. The number of ether oxygens (including phenoxy) is 1. The normalized spacial score (nSPS) is 13.7. The van der Waals surface area contributed by atoms with Crippen LogP contribution in [0.3, 0.4) is 0 Å². The highest BCUT2D eigenvalue weighted by atomic mass is 79.9. The van der Waals surface area contributed by atoms with Gasteiger partial charge in [0.15, 0.2) is 0 Å². The van der Waals surface area contributed by atoms with Crippen molar-refractivity contribution < 1.29 is 13.2 Å². The summed E-state index contributed by atoms with van der Waals surface area (Å²) in [5, 5.41) is 0. The van der Waals surface area contributed by atoms with Crippen LogP contribution in [0.5, 0.6) is 0 Å². The fourth-order valence-electron chi connectivity index (χ4n) is 1.90. The van der Waals surface area contributed by atoms with E-state index >= 15 is 0 Å². The maximum absolute atomic E-state index is 12.6. The minimum absolute atomic E-state index is 0.214. The summed E-state index contributed by atoms with van der Waals surface area (Å²) >= 11 is 3.25. The number of likely N-dealkylation sites (N-methyl/N-ethyl adjacent to an activating group) is 1. The molecule has 0 aromatic heterocycles. The predicted octanol–water partition coefficient (Wildman–Crippen LogP) is 2.08. The molecule has 1 unspecified atom stereocenters. The van der Waals surface area contributed by atoms with E-state index in [1.807, 2.05) is 6.92 Å². The lowest BCUT2D eigenvalue weighted by molar-refractivity contribution is 0.142. The number of nitrogen functional groups attached to an aromatic ring is 1. The lowest BCUT2D eigenvalue weighted by Gasteiger charge is -2.27. The van der Waals surface area contributed by atoms with Gasteiger partial charge in [0.25, 0.3) is 0 Å². The van der Waals surface area contributed by atoms with Gasteiger partial charge in [0.2, 0.25) is 10.0 Å². The molecule has 0 saturated heterocycles. The summed E-state index contributed by atoms with van der Waals surface area (Å²) in [6, 6.07) is 4.44. The SMILES string of the molecule is CCN(C(C)COC)S(=O)(=O)c1ccc(N)cc1Br. The lowest BCUT2D eigenvalue weighted by atomic mass is 10.3. The van der Waals surface area contributed by atoms with E-state index in [-0.39, 0.29) is 10.9 Å². The highest BCUT2D eigenvalue weighted by Crippen LogP contribution is 2.28. The van der Waals surface area contributed by atoms with Gasteiger partial charge in [0.05, 0.1) is 11.5 Å². The van der Waals surface area contributed by atoms with Crippen molar-refractivity contribution in [1.82, 2.24) is 4.31 Å². The van der Waals surface area contributed by atoms with Crippen molar-refractivity contribution in [2.45, 2.75) is 24.8 Å². The van der Waals surface area contributed by atoms with Crippen molar-refractivity contribution in [1.29, 1.82) is 0 Å². The van der Waals surface area contributed by atoms with Crippen molar-refractivity contribution in [2.24, 2.45) is 0 Å². The number of rotatable bonds is 6. The Bertz CT molecular complexity index is 534. The van der Waals surface area contributed by atoms with Crippen LogP contribution in [0.1, 0.15) is 13.8 Å². The third-order valence-corrected chi connectivity index (χ3v) is 5.82. The number of hydrogen-bond acceptors (Lipinski definition) is 4. The van der Waals surface area contributed by atoms with E-state index in [4.69, 9.17) is 10.5 Å². The van der Waals surface area contributed by atoms with E-state index in [1.54, 1.807) is 26.2 Å². The number of anilines is 1. The zero-order valence-corrected chi connectivity index (χ0v) is 13.7. The van der Waals surface area contributed by atoms with Crippen molar-refractivity contribution in [3.8, 4) is 0 Å². The summed E-state index contributed by atoms with van der Waals surface area (Å²) in [6.45, 7) is 4.34. The summed E-state index contributed by atoms with van der Waals surface area (Å²) in [5.74, 6) is 0. The lowest BCUT2D eigenvalue weighted by Crippen LogP contribution is -2.40. The molecule has 0 amide bonds. The molecule has 1 aromatic carbocycles. The standard InChI is InChI=1S/C12H19BrN2O3S/c1-4-15(9(2)8-18-3)19(16,17)12-6-5-10(14)7-11(12)13/h5-7,9H,4,8,14H2,1-3H3. The molecule has 1 atom stereocenters. The van der Waals surface area contributed by atoms with Crippen LogP contribution >= 0.6 is 15.9 Å². The van der Waals surface area contributed by atoms with E-state index in [0.717, 1.165) is 0 Å². The second kappa shape index (κ2) is 6.69. The minimum Gasteiger partial charge on any atom is -0.399 e. The van der Waals surface area contributed by atoms with Gasteiger partial charge in [0, 0.05) is 29.9 Å². The fraction of sp³-hybridized carbons (Fsp3) is 0.500. The molecule has 0 saturated carbocycles. The molecule has 19 heavy (non-hydrogen) atoms. The Hall–Kier alpha value is -0.630. The van der Waals surface area contributed by atoms with Crippen molar-refractivity contribution >= 4 is 31.6 Å². The third kappa shape index (κ3) is 3.68. The summed E-state index contributed by atoms with van der Waals surface area (Å²) in [4.78, 5) is 0.214. The van der Waals surface area contributed by atoms with E-state index in [1.165, 1.54) is 10.4 Å². The van der Waals surface area contributed by atoms with E-state index in [9.17, 15) is 8.42 Å². The maximum Gasteiger partial charge on any atom is 0.244 e. The van der Waals surface area contributed by atoms with E-state index < -0.39 is 10.0 Å². The highest BCUT2D eigenvalue weighted by molar-refractivity contribution is 9.10. The predicted molar refractivity (Wildman–Crippen MR) is 79.5 cm³/mol. The highest BCUT2D eigenvalue weighted by Gasteiger charge is 2.29. The molecule has 1 aromatic rings. The first-order valence-electron chi connectivity index (χ1n) is 5.90. The average molecular weight is 351 g/mol. The maximum atomic E-state index is 12.6. The van der Waals surface area contributed by atoms with E-state index in [2.05, 4.69) is 15.9 Å². The molecule has 5 nitrogen and oxygen atoms in total. The van der Waals surface area contributed by atoms with Crippen LogP contribution < -0.4 is 5.73 Å². The molecule has 0 fully saturated rings. The molecule has 0 spiro atoms. The smallest absolute Gasteiger partial charge is 0.244 e. The van der Waals surface area contributed by atoms with Crippen molar-refractivity contribution in [3.63, 3.8) is 0 Å². The number of nitrogens with zero attached hydrogens (tertiary/aromatic N) is 1. The molecule has 7 heteroatoms. The Morgan fingerprint density at radius 2 is 2.11 bits per heavy atom. The Morgan fingerprint density at radius 1 is 1.47 bits per heavy atom. The molecule has 0 aliphatic rings. The van der Waals surface area contributed by atoms with Crippen LogP contribution in [0.15, 0.2) is 27.6 Å². The molecule has 1 rings (SSSR count). The van der Waals surface area contributed by atoms with Gasteiger partial charge in [-0.15, -0.1) is 0 Å². The average Bonchev–Trinajstić information content (AvgIpc) is 2.28. The third-order valence-electron chi connectivity index (χ3n) is 2.75. The monoisotopic (exact) mass is 350 g/mol. The van der Waals surface area contributed by atoms with Crippen molar-refractivity contribution in [3.05, 3.63) is 22.7 Å². The first kappa shape index (κ1) is 16.4. The molecule has 0 aliphatic carbocycles. The second-order valence-corrected chi connectivity index (χ2v) is 6.92. The molecule has 2 N–H and O–H groups in total. The molecule has 0 heterocycles. The summed E-state index contributed by atoms with van der Waals surface area (Å²) in [7, 11) is -2.02. The number of methoxy groups -OCH3 is 1. The van der Waals surface area contributed by atoms with E-state index in [0.29, 0.717) is 23.3 Å². The second-order valence-electron chi connectivity index (χ2n) is 4.20. The minimum atomic E-state index is -3.57.